The molecule has 2 atom stereocenters. The molecule has 18 heavy (non-hydrogen) atoms. The van der Waals surface area contributed by atoms with Gasteiger partial charge in [0.15, 0.2) is 0 Å². The van der Waals surface area contributed by atoms with E-state index in [1.165, 1.54) is 0 Å². The highest BCUT2D eigenvalue weighted by Gasteiger charge is 2.41. The van der Waals surface area contributed by atoms with Crippen LogP contribution in [0.2, 0.25) is 0 Å². The standard InChI is InChI=1S/C12H21NO5/c1-12(2,3)18-10(14)9-5-8(7-17-4)6-13(9)11(15)16/h8-9H,5-7H2,1-4H3,(H,15,16)/t8-,9-/m0/s1. The molecule has 0 aliphatic carbocycles. The van der Waals surface area contributed by atoms with Crippen LogP contribution >= 0.6 is 0 Å². The number of carbonyl (C=O) groups excluding carboxylic acids is 1. The SMILES string of the molecule is COC[C@H]1C[C@@H](C(=O)OC(C)(C)C)N(C(=O)O)C1. The molecule has 104 valence electrons. The summed E-state index contributed by atoms with van der Waals surface area (Å²) in [4.78, 5) is 24.2. The molecule has 1 N–H and O–H groups in total. The number of likely N-dealkylation sites (tertiary alicyclic amines) is 1. The Kier molecular flexibility index (Phi) is 4.56. The zero-order valence-corrected chi connectivity index (χ0v) is 11.3. The second kappa shape index (κ2) is 5.56. The van der Waals surface area contributed by atoms with Crippen molar-refractivity contribution in [3.05, 3.63) is 0 Å². The average Bonchev–Trinajstić information content (AvgIpc) is 2.59. The highest BCUT2D eigenvalue weighted by atomic mass is 16.6. The van der Waals surface area contributed by atoms with Gasteiger partial charge in [0.2, 0.25) is 0 Å². The van der Waals surface area contributed by atoms with Crippen molar-refractivity contribution in [2.45, 2.75) is 38.8 Å². The second-order valence-corrected chi connectivity index (χ2v) is 5.54. The Morgan fingerprint density at radius 3 is 2.44 bits per heavy atom. The molecule has 0 radical (unpaired) electrons. The first kappa shape index (κ1) is 14.8. The van der Waals surface area contributed by atoms with Crippen LogP contribution in [0.5, 0.6) is 0 Å². The number of carbonyl (C=O) groups is 2. The normalized spacial score (nSPS) is 24.1. The molecule has 0 aromatic rings. The molecule has 6 heteroatoms. The monoisotopic (exact) mass is 259 g/mol. The van der Waals surface area contributed by atoms with E-state index in [4.69, 9.17) is 14.6 Å². The van der Waals surface area contributed by atoms with Crippen LogP contribution in [0, 0.1) is 5.92 Å². The number of methoxy groups -OCH3 is 1. The summed E-state index contributed by atoms with van der Waals surface area (Å²) in [5.74, 6) is -0.438. The van der Waals surface area contributed by atoms with Crippen molar-refractivity contribution in [2.75, 3.05) is 20.3 Å². The van der Waals surface area contributed by atoms with Crippen LogP contribution in [0.25, 0.3) is 0 Å². The van der Waals surface area contributed by atoms with Crippen LogP contribution in [0.15, 0.2) is 0 Å². The zero-order valence-electron chi connectivity index (χ0n) is 11.3. The number of nitrogens with zero attached hydrogens (tertiary/aromatic N) is 1. The summed E-state index contributed by atoms with van der Waals surface area (Å²) in [5, 5.41) is 9.09. The molecule has 0 unspecified atom stereocenters. The van der Waals surface area contributed by atoms with Crippen LogP contribution in [0.3, 0.4) is 0 Å². The fourth-order valence-corrected chi connectivity index (χ4v) is 2.08. The number of carboxylic acid groups (broad SMARTS) is 1. The van der Waals surface area contributed by atoms with E-state index in [0.717, 1.165) is 4.90 Å². The molecule has 0 spiro atoms. The first-order chi connectivity index (χ1) is 8.24. The van der Waals surface area contributed by atoms with E-state index in [9.17, 15) is 9.59 Å². The summed E-state index contributed by atoms with van der Waals surface area (Å²) in [6.07, 6.45) is -0.640. The Morgan fingerprint density at radius 2 is 2.00 bits per heavy atom. The molecule has 1 aliphatic rings. The second-order valence-electron chi connectivity index (χ2n) is 5.54. The fourth-order valence-electron chi connectivity index (χ4n) is 2.08. The van der Waals surface area contributed by atoms with Gasteiger partial charge in [-0.25, -0.2) is 9.59 Å². The van der Waals surface area contributed by atoms with Gasteiger partial charge in [-0.05, 0) is 27.2 Å². The highest BCUT2D eigenvalue weighted by molar-refractivity contribution is 5.81. The predicted molar refractivity (Wildman–Crippen MR) is 64.3 cm³/mol. The van der Waals surface area contributed by atoms with Crippen molar-refractivity contribution in [3.63, 3.8) is 0 Å². The molecule has 1 saturated heterocycles. The Bertz CT molecular complexity index is 323. The maximum Gasteiger partial charge on any atom is 0.408 e. The van der Waals surface area contributed by atoms with Gasteiger partial charge in [0, 0.05) is 19.6 Å². The highest BCUT2D eigenvalue weighted by Crippen LogP contribution is 2.26. The molecule has 0 aromatic carbocycles. The van der Waals surface area contributed by atoms with Crippen LogP contribution in [0.4, 0.5) is 4.79 Å². The molecule has 1 amide bonds. The van der Waals surface area contributed by atoms with Crippen molar-refractivity contribution in [1.82, 2.24) is 4.90 Å². The molecule has 1 aliphatic heterocycles. The lowest BCUT2D eigenvalue weighted by Crippen LogP contribution is -2.42. The largest absolute Gasteiger partial charge is 0.465 e. The third kappa shape index (κ3) is 3.87. The summed E-state index contributed by atoms with van der Waals surface area (Å²) >= 11 is 0. The molecule has 0 saturated carbocycles. The molecule has 1 rings (SSSR count). The van der Waals surface area contributed by atoms with E-state index in [1.54, 1.807) is 27.9 Å². The van der Waals surface area contributed by atoms with Crippen molar-refractivity contribution in [1.29, 1.82) is 0 Å². The van der Waals surface area contributed by atoms with Gasteiger partial charge in [-0.15, -0.1) is 0 Å². The lowest BCUT2D eigenvalue weighted by Gasteiger charge is -2.25. The first-order valence-corrected chi connectivity index (χ1v) is 5.96. The molecular formula is C12H21NO5. The predicted octanol–water partition coefficient (Wildman–Crippen LogP) is 1.34. The fraction of sp³-hybridized carbons (Fsp3) is 0.833. The van der Waals surface area contributed by atoms with Crippen molar-refractivity contribution in [3.8, 4) is 0 Å². The molecule has 6 nitrogen and oxygen atoms in total. The smallest absolute Gasteiger partial charge is 0.408 e. The molecular weight excluding hydrogens is 238 g/mol. The van der Waals surface area contributed by atoms with E-state index in [2.05, 4.69) is 0 Å². The van der Waals surface area contributed by atoms with Crippen molar-refractivity contribution in [2.24, 2.45) is 5.92 Å². The van der Waals surface area contributed by atoms with Gasteiger partial charge in [0.25, 0.3) is 0 Å². The summed E-state index contributed by atoms with van der Waals surface area (Å²) in [6, 6.07) is -0.720. The lowest BCUT2D eigenvalue weighted by atomic mass is 10.1. The summed E-state index contributed by atoms with van der Waals surface area (Å²) in [5.41, 5.74) is -0.611. The number of amides is 1. The average molecular weight is 259 g/mol. The van der Waals surface area contributed by atoms with Gasteiger partial charge in [-0.2, -0.15) is 0 Å². The molecule has 0 bridgehead atoms. The minimum absolute atomic E-state index is 0.0450. The number of rotatable bonds is 3. The van der Waals surface area contributed by atoms with E-state index >= 15 is 0 Å². The third-order valence-electron chi connectivity index (χ3n) is 2.71. The van der Waals surface area contributed by atoms with Crippen LogP contribution < -0.4 is 0 Å². The molecule has 1 fully saturated rings. The molecule has 0 aromatic heterocycles. The van der Waals surface area contributed by atoms with Crippen LogP contribution in [0.1, 0.15) is 27.2 Å². The van der Waals surface area contributed by atoms with Gasteiger partial charge >= 0.3 is 12.1 Å². The molecule has 1 heterocycles. The number of hydrogen-bond acceptors (Lipinski definition) is 4. The van der Waals surface area contributed by atoms with Crippen LogP contribution in [-0.2, 0) is 14.3 Å². The van der Waals surface area contributed by atoms with Gasteiger partial charge in [0.05, 0.1) is 6.61 Å². The zero-order chi connectivity index (χ0) is 13.9. The van der Waals surface area contributed by atoms with Crippen LogP contribution in [-0.4, -0.2) is 54.0 Å². The summed E-state index contributed by atoms with van der Waals surface area (Å²) in [7, 11) is 1.56. The van der Waals surface area contributed by atoms with E-state index in [-0.39, 0.29) is 5.92 Å². The topological polar surface area (TPSA) is 76.1 Å². The van der Waals surface area contributed by atoms with Gasteiger partial charge in [-0.1, -0.05) is 0 Å². The summed E-state index contributed by atoms with van der Waals surface area (Å²) < 4.78 is 10.3. The van der Waals surface area contributed by atoms with Gasteiger partial charge in [0.1, 0.15) is 11.6 Å². The van der Waals surface area contributed by atoms with E-state index in [0.29, 0.717) is 19.6 Å². The first-order valence-electron chi connectivity index (χ1n) is 5.96. The lowest BCUT2D eigenvalue weighted by molar-refractivity contribution is -0.159. The van der Waals surface area contributed by atoms with E-state index < -0.39 is 23.7 Å². The Hall–Kier alpha value is -1.30. The number of esters is 1. The van der Waals surface area contributed by atoms with E-state index in [1.807, 2.05) is 0 Å². The van der Waals surface area contributed by atoms with Gasteiger partial charge in [-0.3, -0.25) is 4.90 Å². The van der Waals surface area contributed by atoms with Crippen molar-refractivity contribution < 1.29 is 24.2 Å². The quantitative estimate of drug-likeness (QED) is 0.774. The Morgan fingerprint density at radius 1 is 1.39 bits per heavy atom. The number of ether oxygens (including phenoxy) is 2. The Labute approximate surface area is 107 Å². The van der Waals surface area contributed by atoms with Gasteiger partial charge < -0.3 is 14.6 Å². The maximum atomic E-state index is 12.0. The number of hydrogen-bond donors (Lipinski definition) is 1. The maximum absolute atomic E-state index is 12.0. The Balaban J connectivity index is 2.72. The summed E-state index contributed by atoms with van der Waals surface area (Å²) in [6.45, 7) is 6.04. The minimum atomic E-state index is -1.09. The van der Waals surface area contributed by atoms with Crippen molar-refractivity contribution >= 4 is 12.1 Å². The third-order valence-corrected chi connectivity index (χ3v) is 2.71. The minimum Gasteiger partial charge on any atom is -0.465 e.